The number of hydrogen-bond acceptors (Lipinski definition) is 6. The van der Waals surface area contributed by atoms with Crippen LogP contribution in [-0.2, 0) is 28.6 Å². The number of rotatable bonds is 49. The Labute approximate surface area is 458 Å². The summed E-state index contributed by atoms with van der Waals surface area (Å²) in [6.07, 6.45) is 93.0. The van der Waals surface area contributed by atoms with Gasteiger partial charge in [0.1, 0.15) is 13.2 Å². The molecule has 0 unspecified atom stereocenters. The maximum Gasteiger partial charge on any atom is 0.306 e. The molecule has 0 radical (unpaired) electrons. The predicted octanol–water partition coefficient (Wildman–Crippen LogP) is 19.9. The summed E-state index contributed by atoms with van der Waals surface area (Å²) in [7, 11) is 0. The van der Waals surface area contributed by atoms with Gasteiger partial charge in [-0.2, -0.15) is 0 Å². The minimum Gasteiger partial charge on any atom is -0.462 e. The molecule has 0 heterocycles. The van der Waals surface area contributed by atoms with Crippen LogP contribution < -0.4 is 0 Å². The van der Waals surface area contributed by atoms with E-state index in [0.29, 0.717) is 19.3 Å². The fourth-order valence-electron chi connectivity index (χ4n) is 6.83. The lowest BCUT2D eigenvalue weighted by atomic mass is 10.1. The molecule has 0 aliphatic heterocycles. The summed E-state index contributed by atoms with van der Waals surface area (Å²) in [5.41, 5.74) is 0. The van der Waals surface area contributed by atoms with Crippen molar-refractivity contribution >= 4 is 17.9 Å². The number of hydrogen-bond donors (Lipinski definition) is 0. The topological polar surface area (TPSA) is 78.9 Å². The van der Waals surface area contributed by atoms with Crippen molar-refractivity contribution in [3.63, 3.8) is 0 Å². The second-order valence-electron chi connectivity index (χ2n) is 18.1. The Hall–Kier alpha value is -5.75. The van der Waals surface area contributed by atoms with Gasteiger partial charge in [-0.05, 0) is 141 Å². The third-order valence-electron chi connectivity index (χ3n) is 11.1. The molecular formula is C69H102O6. The summed E-state index contributed by atoms with van der Waals surface area (Å²) in [6, 6.07) is 0. The molecule has 0 aromatic heterocycles. The van der Waals surface area contributed by atoms with Crippen LogP contribution in [0.4, 0.5) is 0 Å². The van der Waals surface area contributed by atoms with Crippen LogP contribution >= 0.6 is 0 Å². The van der Waals surface area contributed by atoms with Crippen molar-refractivity contribution < 1.29 is 28.6 Å². The van der Waals surface area contributed by atoms with Gasteiger partial charge in [0, 0.05) is 19.3 Å². The molecule has 75 heavy (non-hydrogen) atoms. The van der Waals surface area contributed by atoms with Crippen LogP contribution in [-0.4, -0.2) is 37.2 Å². The molecule has 6 heteroatoms. The normalized spacial score (nSPS) is 13.6. The molecule has 0 aliphatic carbocycles. The van der Waals surface area contributed by atoms with Crippen LogP contribution in [0.3, 0.4) is 0 Å². The van der Waals surface area contributed by atoms with Crippen molar-refractivity contribution in [2.75, 3.05) is 13.2 Å². The molecule has 0 amide bonds. The third kappa shape index (κ3) is 59.0. The van der Waals surface area contributed by atoms with Crippen LogP contribution in [0, 0.1) is 0 Å². The highest BCUT2D eigenvalue weighted by Crippen LogP contribution is 2.09. The molecular weight excluding hydrogens is 925 g/mol. The Morgan fingerprint density at radius 3 is 0.867 bits per heavy atom. The zero-order valence-corrected chi connectivity index (χ0v) is 47.2. The lowest BCUT2D eigenvalue weighted by Crippen LogP contribution is -2.30. The van der Waals surface area contributed by atoms with Crippen molar-refractivity contribution in [2.24, 2.45) is 0 Å². The molecule has 0 rings (SSSR count). The molecule has 414 valence electrons. The first-order valence-corrected chi connectivity index (χ1v) is 28.9. The molecule has 0 aliphatic rings. The molecule has 0 spiro atoms. The van der Waals surface area contributed by atoms with E-state index < -0.39 is 18.0 Å². The largest absolute Gasteiger partial charge is 0.462 e. The Morgan fingerprint density at radius 2 is 0.547 bits per heavy atom. The average Bonchev–Trinajstić information content (AvgIpc) is 3.41. The average molecular weight is 1030 g/mol. The zero-order valence-electron chi connectivity index (χ0n) is 47.2. The van der Waals surface area contributed by atoms with E-state index in [1.165, 1.54) is 25.7 Å². The first-order chi connectivity index (χ1) is 37.0. The van der Waals surface area contributed by atoms with E-state index in [1.54, 1.807) is 0 Å². The minimum absolute atomic E-state index is 0.160. The van der Waals surface area contributed by atoms with Crippen molar-refractivity contribution in [1.82, 2.24) is 0 Å². The van der Waals surface area contributed by atoms with Gasteiger partial charge >= 0.3 is 17.9 Å². The van der Waals surface area contributed by atoms with Crippen LogP contribution in [0.5, 0.6) is 0 Å². The molecule has 0 fully saturated rings. The number of ether oxygens (including phenoxy) is 3. The number of allylic oxidation sites excluding steroid dienone is 32. The Morgan fingerprint density at radius 1 is 0.280 bits per heavy atom. The van der Waals surface area contributed by atoms with Crippen molar-refractivity contribution in [3.8, 4) is 0 Å². The predicted molar refractivity (Wildman–Crippen MR) is 324 cm³/mol. The fourth-order valence-corrected chi connectivity index (χ4v) is 6.83. The molecule has 0 saturated heterocycles. The van der Waals surface area contributed by atoms with E-state index in [4.69, 9.17) is 14.2 Å². The molecule has 0 aromatic carbocycles. The van der Waals surface area contributed by atoms with Crippen molar-refractivity contribution in [1.29, 1.82) is 0 Å². The highest BCUT2D eigenvalue weighted by molar-refractivity contribution is 5.71. The zero-order chi connectivity index (χ0) is 54.3. The summed E-state index contributed by atoms with van der Waals surface area (Å²) in [5.74, 6) is -1.17. The Kier molecular flexibility index (Phi) is 56.1. The van der Waals surface area contributed by atoms with Gasteiger partial charge in [0.05, 0.1) is 0 Å². The van der Waals surface area contributed by atoms with E-state index in [-0.39, 0.29) is 38.4 Å². The van der Waals surface area contributed by atoms with Gasteiger partial charge in [-0.1, -0.05) is 234 Å². The molecule has 6 nitrogen and oxygen atoms in total. The summed E-state index contributed by atoms with van der Waals surface area (Å²) < 4.78 is 16.7. The van der Waals surface area contributed by atoms with E-state index in [0.717, 1.165) is 116 Å². The molecule has 1 atom stereocenters. The summed E-state index contributed by atoms with van der Waals surface area (Å²) in [5, 5.41) is 0. The molecule has 0 saturated carbocycles. The van der Waals surface area contributed by atoms with Crippen LogP contribution in [0.2, 0.25) is 0 Å². The molecule has 0 N–H and O–H groups in total. The maximum absolute atomic E-state index is 12.8. The van der Waals surface area contributed by atoms with Gasteiger partial charge in [-0.15, -0.1) is 0 Å². The fraction of sp³-hybridized carbons (Fsp3) is 0.493. The third-order valence-corrected chi connectivity index (χ3v) is 11.1. The standard InChI is InChI=1S/C69H102O6/c1-4-7-10-13-16-19-22-25-28-31-34-37-40-43-46-49-52-55-58-61-67(70)73-64-66(75-69(72)63-60-57-54-51-48-45-42-39-36-33-30-27-24-21-18-15-12-9-6-3)65-74-68(71)62-59-56-53-50-47-44-41-38-35-32-29-26-23-20-17-14-11-8-5-2/h7,9-10,12,16-21,25-30,34-39,43-48,52,54-55,57,66H,4-6,8,11,13-15,22-24,31-33,40-42,49-51,53,56,58-65H2,1-3H3/b10-7-,12-9-,19-16-,20-17-,21-18-,28-25-,29-26-,30-27-,37-34-,38-35-,39-36-,46-43-,47-44-,48-45-,55-52-,57-54-/t66-/m0/s1. The lowest BCUT2D eigenvalue weighted by molar-refractivity contribution is -0.166. The van der Waals surface area contributed by atoms with Gasteiger partial charge in [-0.25, -0.2) is 0 Å². The quantitative estimate of drug-likeness (QED) is 0.0261. The molecule has 0 bridgehead atoms. The smallest absolute Gasteiger partial charge is 0.306 e. The first-order valence-electron chi connectivity index (χ1n) is 28.9. The van der Waals surface area contributed by atoms with Crippen molar-refractivity contribution in [2.45, 2.75) is 207 Å². The minimum atomic E-state index is -0.876. The van der Waals surface area contributed by atoms with Crippen LogP contribution in [0.25, 0.3) is 0 Å². The maximum atomic E-state index is 12.8. The monoisotopic (exact) mass is 1030 g/mol. The second-order valence-corrected chi connectivity index (χ2v) is 18.1. The van der Waals surface area contributed by atoms with Gasteiger partial charge in [0.2, 0.25) is 0 Å². The summed E-state index contributed by atoms with van der Waals surface area (Å²) in [6.45, 7) is 6.20. The van der Waals surface area contributed by atoms with E-state index in [2.05, 4.69) is 191 Å². The Balaban J connectivity index is 4.72. The highest BCUT2D eigenvalue weighted by Gasteiger charge is 2.19. The van der Waals surface area contributed by atoms with Crippen LogP contribution in [0.15, 0.2) is 194 Å². The van der Waals surface area contributed by atoms with E-state index in [9.17, 15) is 14.4 Å². The van der Waals surface area contributed by atoms with Crippen molar-refractivity contribution in [3.05, 3.63) is 194 Å². The molecule has 0 aromatic rings. The van der Waals surface area contributed by atoms with Crippen LogP contribution in [0.1, 0.15) is 201 Å². The number of esters is 3. The number of carbonyl (C=O) groups excluding carboxylic acids is 3. The summed E-state index contributed by atoms with van der Waals surface area (Å²) in [4.78, 5) is 38.1. The number of unbranched alkanes of at least 4 members (excludes halogenated alkanes) is 6. The van der Waals surface area contributed by atoms with E-state index in [1.807, 2.05) is 24.3 Å². The SMILES string of the molecule is CC/C=C\C/C=C\C/C=C\C/C=C\C/C=C\C/C=C\CCC(=O)OC[C@@H](COC(=O)CCCCC/C=C\C/C=C\C/C=C\C/C=C\CCCCC)OC(=O)CC/C=C\C/C=C\C/C=C\C/C=C\C/C=C\C/C=C\CC. The van der Waals surface area contributed by atoms with Gasteiger partial charge in [0.15, 0.2) is 6.10 Å². The Bertz CT molecular complexity index is 1850. The van der Waals surface area contributed by atoms with Gasteiger partial charge in [-0.3, -0.25) is 14.4 Å². The lowest BCUT2D eigenvalue weighted by Gasteiger charge is -2.18. The van der Waals surface area contributed by atoms with Gasteiger partial charge in [0.25, 0.3) is 0 Å². The van der Waals surface area contributed by atoms with Gasteiger partial charge < -0.3 is 14.2 Å². The highest BCUT2D eigenvalue weighted by atomic mass is 16.6. The number of carbonyl (C=O) groups is 3. The summed E-state index contributed by atoms with van der Waals surface area (Å²) >= 11 is 0. The first kappa shape index (κ1) is 69.2. The van der Waals surface area contributed by atoms with E-state index >= 15 is 0 Å². The second kappa shape index (κ2) is 60.8.